The van der Waals surface area contributed by atoms with E-state index < -0.39 is 18.8 Å². The summed E-state index contributed by atoms with van der Waals surface area (Å²) in [5.74, 6) is -0.949. The zero-order chi connectivity index (χ0) is 31.6. The summed E-state index contributed by atoms with van der Waals surface area (Å²) in [6.07, 6.45) is 2.91. The van der Waals surface area contributed by atoms with Crippen LogP contribution in [0, 0.1) is 11.3 Å². The lowest BCUT2D eigenvalue weighted by Crippen LogP contribution is -2.58. The van der Waals surface area contributed by atoms with Crippen molar-refractivity contribution in [3.8, 4) is 0 Å². The molecular formula is C32H43BrN3O5PS. The third-order valence-corrected chi connectivity index (χ3v) is 12.2. The van der Waals surface area contributed by atoms with Crippen LogP contribution in [0.15, 0.2) is 52.1 Å². The highest BCUT2D eigenvalue weighted by molar-refractivity contribution is 9.10. The maximum absolute atomic E-state index is 14.2. The topological polar surface area (TPSA) is 109 Å². The van der Waals surface area contributed by atoms with E-state index in [0.717, 1.165) is 28.4 Å². The first kappa shape index (κ1) is 33.8. The molecule has 2 aliphatic rings. The molecule has 3 N–H and O–H groups in total. The predicted octanol–water partition coefficient (Wildman–Crippen LogP) is 8.17. The number of rotatable bonds is 9. The van der Waals surface area contributed by atoms with E-state index in [4.69, 9.17) is 21.3 Å². The minimum absolute atomic E-state index is 0.0388. The number of oxime groups is 1. The van der Waals surface area contributed by atoms with Gasteiger partial charge in [-0.1, -0.05) is 79.5 Å². The van der Waals surface area contributed by atoms with Crippen LogP contribution in [-0.2, 0) is 23.8 Å². The van der Waals surface area contributed by atoms with Crippen molar-refractivity contribution >= 4 is 52.5 Å². The monoisotopic (exact) mass is 691 g/mol. The number of carbonyl (C=O) groups is 1. The van der Waals surface area contributed by atoms with Gasteiger partial charge in [0.05, 0.1) is 24.3 Å². The molecule has 0 heterocycles. The molecule has 0 spiro atoms. The summed E-state index contributed by atoms with van der Waals surface area (Å²) < 4.78 is 26.1. The van der Waals surface area contributed by atoms with Crippen molar-refractivity contribution in [1.82, 2.24) is 10.6 Å². The van der Waals surface area contributed by atoms with Crippen LogP contribution in [0.3, 0.4) is 0 Å². The van der Waals surface area contributed by atoms with Gasteiger partial charge in [-0.05, 0) is 97.5 Å². The quantitative estimate of drug-likeness (QED) is 0.105. The fraction of sp³-hybridized carbons (Fsp3) is 0.531. The van der Waals surface area contributed by atoms with E-state index in [1.807, 2.05) is 31.2 Å². The molecule has 8 nitrogen and oxygen atoms in total. The maximum Gasteiger partial charge on any atom is 0.357 e. The number of carbonyl (C=O) groups excluding carboxylic acids is 1. The predicted molar refractivity (Wildman–Crippen MR) is 178 cm³/mol. The first-order valence-electron chi connectivity index (χ1n) is 14.9. The number of hydrogen-bond donors (Lipinski definition) is 3. The van der Waals surface area contributed by atoms with E-state index in [1.54, 1.807) is 13.8 Å². The molecule has 0 saturated heterocycles. The molecule has 0 aromatic heterocycles. The first-order valence-corrected chi connectivity index (χ1v) is 17.8. The van der Waals surface area contributed by atoms with Crippen molar-refractivity contribution in [3.05, 3.63) is 69.2 Å². The average Bonchev–Trinajstić information content (AvgIpc) is 2.95. The molecule has 234 valence electrons. The SMILES string of the molecule is CCOP(=O)(OCC)C(NC(=S)NC(=O)[C@]1(C)CCC[C@]2(C)c3ccc(C(C)C)cc3/C(=N\O)C[C@@H]12)c1cccc(Br)c1. The van der Waals surface area contributed by atoms with Crippen LogP contribution >= 0.6 is 35.7 Å². The smallest absolute Gasteiger partial charge is 0.357 e. The Kier molecular flexibility index (Phi) is 10.6. The number of benzene rings is 2. The largest absolute Gasteiger partial charge is 0.411 e. The highest BCUT2D eigenvalue weighted by Gasteiger charge is 2.56. The molecule has 11 heteroatoms. The fourth-order valence-electron chi connectivity index (χ4n) is 6.95. The van der Waals surface area contributed by atoms with E-state index >= 15 is 0 Å². The normalized spacial score (nSPS) is 25.1. The Labute approximate surface area is 269 Å². The minimum atomic E-state index is -3.73. The van der Waals surface area contributed by atoms with Gasteiger partial charge < -0.3 is 24.9 Å². The zero-order valence-electron chi connectivity index (χ0n) is 25.8. The van der Waals surface area contributed by atoms with Crippen LogP contribution < -0.4 is 10.6 Å². The van der Waals surface area contributed by atoms with Gasteiger partial charge in [-0.15, -0.1) is 0 Å². The molecule has 4 rings (SSSR count). The molecule has 0 radical (unpaired) electrons. The Morgan fingerprint density at radius 3 is 2.44 bits per heavy atom. The molecule has 0 bridgehead atoms. The number of hydrogen-bond acceptors (Lipinski definition) is 7. The highest BCUT2D eigenvalue weighted by Crippen LogP contribution is 2.60. The number of nitrogens with zero attached hydrogens (tertiary/aromatic N) is 1. The van der Waals surface area contributed by atoms with Crippen LogP contribution in [-0.4, -0.2) is 35.2 Å². The Morgan fingerprint density at radius 2 is 1.84 bits per heavy atom. The molecule has 1 fully saturated rings. The number of amides is 1. The molecule has 1 saturated carbocycles. The highest BCUT2D eigenvalue weighted by atomic mass is 79.9. The van der Waals surface area contributed by atoms with Crippen molar-refractivity contribution in [1.29, 1.82) is 0 Å². The summed E-state index contributed by atoms with van der Waals surface area (Å²) >= 11 is 9.15. The second kappa shape index (κ2) is 13.5. The Bertz CT molecular complexity index is 1440. The molecule has 0 aliphatic heterocycles. The first-order chi connectivity index (χ1) is 20.3. The zero-order valence-corrected chi connectivity index (χ0v) is 29.1. The van der Waals surface area contributed by atoms with Gasteiger partial charge in [0.2, 0.25) is 5.91 Å². The minimum Gasteiger partial charge on any atom is -0.411 e. The molecule has 2 aromatic carbocycles. The third-order valence-electron chi connectivity index (χ3n) is 9.20. The van der Waals surface area contributed by atoms with Gasteiger partial charge in [0.15, 0.2) is 10.9 Å². The second-order valence-electron chi connectivity index (χ2n) is 12.2. The lowest BCUT2D eigenvalue weighted by molar-refractivity contribution is -0.136. The van der Waals surface area contributed by atoms with Crippen molar-refractivity contribution in [3.63, 3.8) is 0 Å². The molecule has 43 heavy (non-hydrogen) atoms. The van der Waals surface area contributed by atoms with Gasteiger partial charge in [-0.2, -0.15) is 0 Å². The molecular weight excluding hydrogens is 649 g/mol. The Morgan fingerprint density at radius 1 is 1.14 bits per heavy atom. The van der Waals surface area contributed by atoms with Crippen LogP contribution in [0.5, 0.6) is 0 Å². The molecule has 1 unspecified atom stereocenters. The van der Waals surface area contributed by atoms with Gasteiger partial charge in [-0.25, -0.2) is 0 Å². The number of fused-ring (bicyclic) bond motifs is 3. The van der Waals surface area contributed by atoms with Gasteiger partial charge in [-0.3, -0.25) is 9.36 Å². The van der Waals surface area contributed by atoms with Crippen LogP contribution in [0.4, 0.5) is 0 Å². The van der Waals surface area contributed by atoms with E-state index in [-0.39, 0.29) is 35.6 Å². The standard InChI is InChI=1S/C32H43BrN3O5PS/c1-7-40-42(39,41-8-2)28(22-11-9-12-23(33)17-22)34-30(43)35-29(37)32(6)16-10-15-31(5)25-14-13-21(20(3)4)18-24(25)26(36-38)19-27(31)32/h9,11-14,17-18,20,27-28,38H,7-8,10,15-16,19H2,1-6H3,(H2,34,35,37,43)/b36-26-/t27-,28?,31-,32-/m1/s1. The molecule has 2 aromatic rings. The van der Waals surface area contributed by atoms with E-state index in [9.17, 15) is 14.6 Å². The van der Waals surface area contributed by atoms with Crippen molar-refractivity contribution in [2.24, 2.45) is 16.5 Å². The summed E-state index contributed by atoms with van der Waals surface area (Å²) in [6, 6.07) is 13.8. The van der Waals surface area contributed by atoms with Crippen LogP contribution in [0.1, 0.15) is 101 Å². The Balaban J connectivity index is 1.64. The third kappa shape index (κ3) is 6.64. The summed E-state index contributed by atoms with van der Waals surface area (Å²) in [6.45, 7) is 12.4. The second-order valence-corrected chi connectivity index (χ2v) is 15.6. The fourth-order valence-corrected chi connectivity index (χ4v) is 9.57. The summed E-state index contributed by atoms with van der Waals surface area (Å²) in [4.78, 5) is 14.2. The van der Waals surface area contributed by atoms with Crippen molar-refractivity contribution < 1.29 is 23.6 Å². The molecule has 1 amide bonds. The van der Waals surface area contributed by atoms with Gasteiger partial charge in [0, 0.05) is 10.0 Å². The number of halogens is 1. The van der Waals surface area contributed by atoms with E-state index in [2.05, 4.69) is 70.7 Å². The molecule has 4 atom stereocenters. The number of nitrogens with one attached hydrogen (secondary N) is 2. The lowest BCUT2D eigenvalue weighted by atomic mass is 9.49. The van der Waals surface area contributed by atoms with Crippen molar-refractivity contribution in [2.45, 2.75) is 84.3 Å². The maximum atomic E-state index is 14.2. The molecule has 2 aliphatic carbocycles. The van der Waals surface area contributed by atoms with Gasteiger partial charge in [0.25, 0.3) is 0 Å². The van der Waals surface area contributed by atoms with Gasteiger partial charge >= 0.3 is 7.60 Å². The summed E-state index contributed by atoms with van der Waals surface area (Å²) in [5, 5.41) is 19.9. The lowest BCUT2D eigenvalue weighted by Gasteiger charge is -2.54. The Hall–Kier alpha value is -2.10. The summed E-state index contributed by atoms with van der Waals surface area (Å²) in [7, 11) is -3.73. The number of thiocarbonyl (C=S) groups is 1. The van der Waals surface area contributed by atoms with Crippen LogP contribution in [0.25, 0.3) is 0 Å². The van der Waals surface area contributed by atoms with E-state index in [1.165, 1.54) is 5.56 Å². The van der Waals surface area contributed by atoms with Crippen LogP contribution in [0.2, 0.25) is 0 Å². The van der Waals surface area contributed by atoms with Gasteiger partial charge in [0.1, 0.15) is 0 Å². The van der Waals surface area contributed by atoms with Crippen molar-refractivity contribution in [2.75, 3.05) is 13.2 Å². The summed E-state index contributed by atoms with van der Waals surface area (Å²) in [5.41, 5.74) is 3.41. The van der Waals surface area contributed by atoms with E-state index in [0.29, 0.717) is 30.0 Å². The average molecular weight is 693 g/mol.